The maximum absolute atomic E-state index is 12.7. The maximum atomic E-state index is 12.7. The molecule has 0 saturated carbocycles. The van der Waals surface area contributed by atoms with Crippen molar-refractivity contribution in [2.24, 2.45) is 5.92 Å². The molecule has 3 atom stereocenters. The Morgan fingerprint density at radius 1 is 1.38 bits per heavy atom. The second kappa shape index (κ2) is 7.81. The van der Waals surface area contributed by atoms with E-state index in [-0.39, 0.29) is 17.9 Å². The van der Waals surface area contributed by atoms with Crippen molar-refractivity contribution >= 4 is 28.5 Å². The van der Waals surface area contributed by atoms with Crippen molar-refractivity contribution in [2.45, 2.75) is 38.6 Å². The molecule has 3 rings (SSSR count). The summed E-state index contributed by atoms with van der Waals surface area (Å²) in [6.45, 7) is 2.97. The summed E-state index contributed by atoms with van der Waals surface area (Å²) < 4.78 is 14.1. The first-order chi connectivity index (χ1) is 11.5. The van der Waals surface area contributed by atoms with Crippen LogP contribution >= 0.6 is 11.6 Å². The van der Waals surface area contributed by atoms with E-state index in [4.69, 9.17) is 11.6 Å². The summed E-state index contributed by atoms with van der Waals surface area (Å²) in [5, 5.41) is 5.25. The number of carbonyl (C=O) groups is 1. The Labute approximate surface area is 150 Å². The van der Waals surface area contributed by atoms with Gasteiger partial charge in [0.1, 0.15) is 11.0 Å². The van der Waals surface area contributed by atoms with Gasteiger partial charge in [-0.1, -0.05) is 35.9 Å². The number of nitrogens with zero attached hydrogens (tertiary/aromatic N) is 1. The van der Waals surface area contributed by atoms with Crippen LogP contribution in [0.4, 0.5) is 0 Å². The number of hydrogen-bond donors (Lipinski definition) is 1. The van der Waals surface area contributed by atoms with E-state index in [1.54, 1.807) is 6.92 Å². The van der Waals surface area contributed by atoms with Crippen molar-refractivity contribution in [1.29, 1.82) is 0 Å². The lowest BCUT2D eigenvalue weighted by atomic mass is 9.98. The zero-order valence-electron chi connectivity index (χ0n) is 13.8. The molecule has 1 N–H and O–H groups in total. The van der Waals surface area contributed by atoms with Gasteiger partial charge in [0.15, 0.2) is 0 Å². The Hall–Kier alpha value is -1.17. The molecule has 3 unspecified atom stereocenters. The van der Waals surface area contributed by atoms with Gasteiger partial charge in [-0.25, -0.2) is 8.51 Å². The summed E-state index contributed by atoms with van der Waals surface area (Å²) in [5.74, 6) is -0.0375. The highest BCUT2D eigenvalue weighted by Crippen LogP contribution is 2.31. The minimum Gasteiger partial charge on any atom is -0.349 e. The lowest BCUT2D eigenvalue weighted by Crippen LogP contribution is -2.43. The molecule has 0 radical (unpaired) electrons. The first-order valence-electron chi connectivity index (χ1n) is 8.42. The standard InChI is InChI=1S/C18H23ClN2O2S/c1-13(19)12-24(23)21-10-4-6-15(11-21)18(22)20-17-9-8-14-5-2-3-7-16(14)17/h2-3,5,7,12,15,17H,4,6,8-11H2,1H3,(H,20,22)/b13-12-. The molecule has 1 saturated heterocycles. The van der Waals surface area contributed by atoms with Crippen LogP contribution < -0.4 is 5.32 Å². The van der Waals surface area contributed by atoms with Crippen LogP contribution in [0.1, 0.15) is 43.4 Å². The fourth-order valence-corrected chi connectivity index (χ4v) is 4.82. The second-order valence-electron chi connectivity index (χ2n) is 6.51. The van der Waals surface area contributed by atoms with Crippen LogP contribution in [0.2, 0.25) is 0 Å². The summed E-state index contributed by atoms with van der Waals surface area (Å²) in [6.07, 6.45) is 3.70. The molecule has 4 nitrogen and oxygen atoms in total. The molecule has 6 heteroatoms. The molecule has 1 amide bonds. The van der Waals surface area contributed by atoms with Crippen LogP contribution in [-0.4, -0.2) is 27.5 Å². The smallest absolute Gasteiger partial charge is 0.224 e. The number of hydrogen-bond acceptors (Lipinski definition) is 2. The second-order valence-corrected chi connectivity index (χ2v) is 8.41. The van der Waals surface area contributed by atoms with Crippen molar-refractivity contribution in [3.8, 4) is 0 Å². The van der Waals surface area contributed by atoms with Gasteiger partial charge in [-0.15, -0.1) is 0 Å². The van der Waals surface area contributed by atoms with E-state index in [9.17, 15) is 9.00 Å². The fourth-order valence-electron chi connectivity index (χ4n) is 3.53. The molecular formula is C18H23ClN2O2S. The normalized spacial score (nSPS) is 26.0. The minimum absolute atomic E-state index is 0.0741. The summed E-state index contributed by atoms with van der Waals surface area (Å²) in [7, 11) is -1.25. The van der Waals surface area contributed by atoms with E-state index in [0.717, 1.165) is 32.2 Å². The van der Waals surface area contributed by atoms with E-state index in [1.807, 2.05) is 16.4 Å². The zero-order valence-corrected chi connectivity index (χ0v) is 15.4. The minimum atomic E-state index is -1.25. The molecule has 1 aromatic rings. The molecule has 1 aliphatic carbocycles. The van der Waals surface area contributed by atoms with Crippen molar-refractivity contribution in [3.05, 3.63) is 45.8 Å². The molecule has 1 heterocycles. The molecule has 0 bridgehead atoms. The Balaban J connectivity index is 1.61. The third-order valence-corrected chi connectivity index (χ3v) is 6.36. The predicted molar refractivity (Wildman–Crippen MR) is 97.7 cm³/mol. The number of rotatable bonds is 4. The highest BCUT2D eigenvalue weighted by atomic mass is 35.5. The van der Waals surface area contributed by atoms with Gasteiger partial charge < -0.3 is 5.32 Å². The van der Waals surface area contributed by atoms with Gasteiger partial charge in [0, 0.05) is 23.5 Å². The highest BCUT2D eigenvalue weighted by Gasteiger charge is 2.31. The van der Waals surface area contributed by atoms with E-state index in [2.05, 4.69) is 17.4 Å². The number of piperidine rings is 1. The number of carbonyl (C=O) groups excluding carboxylic acids is 1. The Bertz CT molecular complexity index is 673. The van der Waals surface area contributed by atoms with E-state index in [0.29, 0.717) is 11.6 Å². The van der Waals surface area contributed by atoms with E-state index in [1.165, 1.54) is 16.5 Å². The average molecular weight is 367 g/mol. The molecule has 1 aromatic carbocycles. The van der Waals surface area contributed by atoms with Crippen molar-refractivity contribution in [2.75, 3.05) is 13.1 Å². The lowest BCUT2D eigenvalue weighted by molar-refractivity contribution is -0.126. The van der Waals surface area contributed by atoms with Crippen LogP contribution in [0.25, 0.3) is 0 Å². The first-order valence-corrected chi connectivity index (χ1v) is 9.97. The fraction of sp³-hybridized carbons (Fsp3) is 0.500. The van der Waals surface area contributed by atoms with Crippen molar-refractivity contribution in [1.82, 2.24) is 9.62 Å². The number of allylic oxidation sites excluding steroid dienone is 1. The Morgan fingerprint density at radius 3 is 2.96 bits per heavy atom. The van der Waals surface area contributed by atoms with Crippen LogP contribution in [0.15, 0.2) is 34.7 Å². The summed E-state index contributed by atoms with van der Waals surface area (Å²) in [5.41, 5.74) is 2.57. The number of benzene rings is 1. The van der Waals surface area contributed by atoms with Gasteiger partial charge in [0.25, 0.3) is 0 Å². The van der Waals surface area contributed by atoms with Gasteiger partial charge in [-0.05, 0) is 43.7 Å². The van der Waals surface area contributed by atoms with E-state index < -0.39 is 11.0 Å². The highest BCUT2D eigenvalue weighted by molar-refractivity contribution is 7.85. The average Bonchev–Trinajstić information content (AvgIpc) is 2.97. The van der Waals surface area contributed by atoms with Crippen LogP contribution in [0, 0.1) is 5.92 Å². The topological polar surface area (TPSA) is 49.4 Å². The molecular weight excluding hydrogens is 344 g/mol. The number of amides is 1. The molecule has 2 aliphatic rings. The zero-order chi connectivity index (χ0) is 17.1. The van der Waals surface area contributed by atoms with Gasteiger partial charge in [0.2, 0.25) is 5.91 Å². The molecule has 1 aliphatic heterocycles. The molecule has 0 spiro atoms. The van der Waals surface area contributed by atoms with E-state index >= 15 is 0 Å². The first kappa shape index (κ1) is 17.6. The summed E-state index contributed by atoms with van der Waals surface area (Å²) >= 11 is 5.81. The molecule has 130 valence electrons. The van der Waals surface area contributed by atoms with Gasteiger partial charge >= 0.3 is 0 Å². The van der Waals surface area contributed by atoms with Gasteiger partial charge in [0.05, 0.1) is 12.0 Å². The van der Waals surface area contributed by atoms with Crippen molar-refractivity contribution < 1.29 is 9.00 Å². The SMILES string of the molecule is C/C(Cl)=C/S(=O)N1CCCC(C(=O)NC2CCc3ccccc32)C1. The van der Waals surface area contributed by atoms with Crippen molar-refractivity contribution in [3.63, 3.8) is 0 Å². The summed E-state index contributed by atoms with van der Waals surface area (Å²) in [6, 6.07) is 8.41. The number of fused-ring (bicyclic) bond motifs is 1. The Morgan fingerprint density at radius 2 is 2.17 bits per heavy atom. The largest absolute Gasteiger partial charge is 0.349 e. The Kier molecular flexibility index (Phi) is 5.74. The predicted octanol–water partition coefficient (Wildman–Crippen LogP) is 3.27. The van der Waals surface area contributed by atoms with Crippen LogP contribution in [-0.2, 0) is 22.2 Å². The number of aryl methyl sites for hydroxylation is 1. The van der Waals surface area contributed by atoms with Crippen LogP contribution in [0.3, 0.4) is 0 Å². The van der Waals surface area contributed by atoms with Crippen LogP contribution in [0.5, 0.6) is 0 Å². The quantitative estimate of drug-likeness (QED) is 0.889. The molecule has 24 heavy (non-hydrogen) atoms. The molecule has 1 fully saturated rings. The van der Waals surface area contributed by atoms with Gasteiger partial charge in [-0.2, -0.15) is 0 Å². The maximum Gasteiger partial charge on any atom is 0.224 e. The molecule has 0 aromatic heterocycles. The number of halogens is 1. The third kappa shape index (κ3) is 4.08. The summed E-state index contributed by atoms with van der Waals surface area (Å²) in [4.78, 5) is 12.7. The number of nitrogens with one attached hydrogen (secondary N) is 1. The van der Waals surface area contributed by atoms with Gasteiger partial charge in [-0.3, -0.25) is 4.79 Å². The third-order valence-electron chi connectivity index (χ3n) is 4.72. The lowest BCUT2D eigenvalue weighted by Gasteiger charge is -2.30. The monoisotopic (exact) mass is 366 g/mol.